The Labute approximate surface area is 72.5 Å². The van der Waals surface area contributed by atoms with Crippen LogP contribution in [0.2, 0.25) is 0 Å². The Balaban J connectivity index is 3.01. The number of hydrogen-bond donors (Lipinski definition) is 0. The predicted octanol–water partition coefficient (Wildman–Crippen LogP) is 1.66. The minimum atomic E-state index is -2.15. The van der Waals surface area contributed by atoms with Crippen LogP contribution < -0.4 is 0 Å². The van der Waals surface area contributed by atoms with Gasteiger partial charge in [0.05, 0.1) is 0 Å². The van der Waals surface area contributed by atoms with Gasteiger partial charge in [0.15, 0.2) is 0 Å². The summed E-state index contributed by atoms with van der Waals surface area (Å²) >= 11 is 3.35. The standard InChI is InChI=1S/C7H7ClO2S/c8-5-6-2-1-3-7(4-6)11(9)10/h1-4H,5H2,(H,9,10)/p-1. The number of rotatable bonds is 2. The molecule has 1 aromatic rings. The molecule has 1 rings (SSSR count). The van der Waals surface area contributed by atoms with Crippen LogP contribution in [0.25, 0.3) is 0 Å². The largest absolute Gasteiger partial charge is 0.768 e. The molecular formula is C7H6ClO2S-. The maximum Gasteiger partial charge on any atom is 0.0474 e. The van der Waals surface area contributed by atoms with Gasteiger partial charge in [0.25, 0.3) is 0 Å². The molecule has 11 heavy (non-hydrogen) atoms. The zero-order chi connectivity index (χ0) is 8.27. The third-order valence-corrected chi connectivity index (χ3v) is 2.19. The van der Waals surface area contributed by atoms with E-state index >= 15 is 0 Å². The third-order valence-electron chi connectivity index (χ3n) is 1.25. The molecule has 1 aromatic carbocycles. The smallest absolute Gasteiger partial charge is 0.0474 e. The van der Waals surface area contributed by atoms with E-state index < -0.39 is 11.1 Å². The summed E-state index contributed by atoms with van der Waals surface area (Å²) in [7, 11) is 0. The van der Waals surface area contributed by atoms with Gasteiger partial charge >= 0.3 is 0 Å². The molecule has 2 nitrogen and oxygen atoms in total. The van der Waals surface area contributed by atoms with Crippen molar-refractivity contribution in [1.82, 2.24) is 0 Å². The van der Waals surface area contributed by atoms with Crippen molar-refractivity contribution in [3.8, 4) is 0 Å². The van der Waals surface area contributed by atoms with Crippen molar-refractivity contribution < 1.29 is 8.76 Å². The third kappa shape index (κ3) is 2.29. The molecule has 0 saturated heterocycles. The van der Waals surface area contributed by atoms with E-state index in [4.69, 9.17) is 11.6 Å². The Morgan fingerprint density at radius 3 is 2.82 bits per heavy atom. The van der Waals surface area contributed by atoms with Gasteiger partial charge in [0.1, 0.15) is 0 Å². The monoisotopic (exact) mass is 189 g/mol. The van der Waals surface area contributed by atoms with Gasteiger partial charge < -0.3 is 4.55 Å². The Kier molecular flexibility index (Phi) is 3.05. The van der Waals surface area contributed by atoms with E-state index in [-0.39, 0.29) is 4.90 Å². The second-order valence-electron chi connectivity index (χ2n) is 2.02. The van der Waals surface area contributed by atoms with Gasteiger partial charge in [0.2, 0.25) is 0 Å². The number of halogens is 1. The van der Waals surface area contributed by atoms with Crippen LogP contribution in [0.5, 0.6) is 0 Å². The average Bonchev–Trinajstić information content (AvgIpc) is 2.05. The lowest BCUT2D eigenvalue weighted by atomic mass is 10.2. The van der Waals surface area contributed by atoms with Crippen LogP contribution in [-0.4, -0.2) is 8.76 Å². The molecule has 0 fully saturated rings. The molecule has 0 saturated carbocycles. The van der Waals surface area contributed by atoms with Crippen molar-refractivity contribution in [2.75, 3.05) is 0 Å². The van der Waals surface area contributed by atoms with Crippen molar-refractivity contribution in [3.63, 3.8) is 0 Å². The maximum absolute atomic E-state index is 10.4. The highest BCUT2D eigenvalue weighted by atomic mass is 35.5. The van der Waals surface area contributed by atoms with E-state index in [1.165, 1.54) is 6.07 Å². The Morgan fingerprint density at radius 2 is 2.27 bits per heavy atom. The summed E-state index contributed by atoms with van der Waals surface area (Å²) in [5.74, 6) is 0.338. The maximum atomic E-state index is 10.4. The quantitative estimate of drug-likeness (QED) is 0.525. The van der Waals surface area contributed by atoms with Crippen molar-refractivity contribution in [2.45, 2.75) is 10.8 Å². The molecule has 0 aliphatic carbocycles. The summed E-state index contributed by atoms with van der Waals surface area (Å²) < 4.78 is 20.9. The summed E-state index contributed by atoms with van der Waals surface area (Å²) in [4.78, 5) is 0.281. The van der Waals surface area contributed by atoms with Gasteiger partial charge in [-0.1, -0.05) is 12.1 Å². The van der Waals surface area contributed by atoms with Crippen LogP contribution in [0.15, 0.2) is 29.2 Å². The minimum Gasteiger partial charge on any atom is -0.768 e. The average molecular weight is 190 g/mol. The first-order chi connectivity index (χ1) is 5.24. The number of alkyl halides is 1. The van der Waals surface area contributed by atoms with E-state index in [2.05, 4.69) is 0 Å². The fourth-order valence-electron chi connectivity index (χ4n) is 0.732. The van der Waals surface area contributed by atoms with Crippen LogP contribution in [-0.2, 0) is 17.0 Å². The van der Waals surface area contributed by atoms with Gasteiger partial charge in [0, 0.05) is 10.8 Å². The molecule has 4 heteroatoms. The molecule has 0 bridgehead atoms. The minimum absolute atomic E-state index is 0.281. The lowest BCUT2D eigenvalue weighted by Crippen LogP contribution is -1.89. The molecule has 1 atom stereocenters. The Hall–Kier alpha value is -0.380. The van der Waals surface area contributed by atoms with Crippen LogP contribution in [0.4, 0.5) is 0 Å². The summed E-state index contributed by atoms with van der Waals surface area (Å²) in [5.41, 5.74) is 0.813. The van der Waals surface area contributed by atoms with Gasteiger partial charge in [-0.25, -0.2) is 0 Å². The van der Waals surface area contributed by atoms with E-state index in [1.54, 1.807) is 18.2 Å². The Bertz CT molecular complexity index is 275. The summed E-state index contributed by atoms with van der Waals surface area (Å²) in [5, 5.41) is 0. The highest BCUT2D eigenvalue weighted by Gasteiger charge is 1.93. The van der Waals surface area contributed by atoms with Crippen LogP contribution in [0.3, 0.4) is 0 Å². The second kappa shape index (κ2) is 3.85. The first kappa shape index (κ1) is 8.71. The van der Waals surface area contributed by atoms with Crippen molar-refractivity contribution in [2.24, 2.45) is 0 Å². The zero-order valence-corrected chi connectivity index (χ0v) is 7.19. The fraction of sp³-hybridized carbons (Fsp3) is 0.143. The SMILES string of the molecule is O=S([O-])c1cccc(CCl)c1. The van der Waals surface area contributed by atoms with Gasteiger partial charge in [-0.3, -0.25) is 4.21 Å². The summed E-state index contributed by atoms with van der Waals surface area (Å²) in [6.45, 7) is 0. The van der Waals surface area contributed by atoms with Crippen LogP contribution in [0, 0.1) is 0 Å². The molecule has 0 heterocycles. The van der Waals surface area contributed by atoms with Crippen molar-refractivity contribution >= 4 is 22.7 Å². The highest BCUT2D eigenvalue weighted by molar-refractivity contribution is 7.79. The molecule has 0 radical (unpaired) electrons. The molecule has 0 N–H and O–H groups in total. The normalized spacial score (nSPS) is 12.9. The van der Waals surface area contributed by atoms with E-state index in [0.29, 0.717) is 5.88 Å². The molecule has 0 amide bonds. The van der Waals surface area contributed by atoms with Crippen LogP contribution in [0.1, 0.15) is 5.56 Å². The van der Waals surface area contributed by atoms with E-state index in [9.17, 15) is 8.76 Å². The topological polar surface area (TPSA) is 40.1 Å². The van der Waals surface area contributed by atoms with Crippen LogP contribution >= 0.6 is 11.6 Å². The molecule has 0 aromatic heterocycles. The second-order valence-corrected chi connectivity index (χ2v) is 3.22. The predicted molar refractivity (Wildman–Crippen MR) is 43.2 cm³/mol. The molecule has 60 valence electrons. The Morgan fingerprint density at radius 1 is 1.55 bits per heavy atom. The van der Waals surface area contributed by atoms with Gasteiger partial charge in [-0.2, -0.15) is 0 Å². The van der Waals surface area contributed by atoms with Crippen molar-refractivity contribution in [3.05, 3.63) is 29.8 Å². The van der Waals surface area contributed by atoms with Gasteiger partial charge in [-0.15, -0.1) is 11.6 Å². The van der Waals surface area contributed by atoms with Crippen molar-refractivity contribution in [1.29, 1.82) is 0 Å². The van der Waals surface area contributed by atoms with E-state index in [0.717, 1.165) is 5.56 Å². The van der Waals surface area contributed by atoms with E-state index in [1.807, 2.05) is 0 Å². The first-order valence-electron chi connectivity index (χ1n) is 2.98. The molecule has 0 spiro atoms. The molecule has 0 aliphatic heterocycles. The summed E-state index contributed by atoms with van der Waals surface area (Å²) in [6, 6.07) is 6.53. The zero-order valence-electron chi connectivity index (χ0n) is 5.62. The van der Waals surface area contributed by atoms with Gasteiger partial charge in [-0.05, 0) is 28.8 Å². The highest BCUT2D eigenvalue weighted by Crippen LogP contribution is 2.09. The number of benzene rings is 1. The fourth-order valence-corrected chi connectivity index (χ4v) is 1.34. The lowest BCUT2D eigenvalue weighted by Gasteiger charge is -2.05. The first-order valence-corrected chi connectivity index (χ1v) is 4.59. The lowest BCUT2D eigenvalue weighted by molar-refractivity contribution is 0.537. The molecule has 1 unspecified atom stereocenters. The summed E-state index contributed by atoms with van der Waals surface area (Å²) in [6.07, 6.45) is 0. The molecular weight excluding hydrogens is 184 g/mol. The molecule has 0 aliphatic rings. The number of hydrogen-bond acceptors (Lipinski definition) is 2.